The number of hydrogen-bond donors (Lipinski definition) is 0. The molecule has 0 amide bonds. The van der Waals surface area contributed by atoms with Gasteiger partial charge in [0.2, 0.25) is 0 Å². The quantitative estimate of drug-likeness (QED) is 0.323. The van der Waals surface area contributed by atoms with Gasteiger partial charge in [-0.1, -0.05) is 80.0 Å². The van der Waals surface area contributed by atoms with Gasteiger partial charge in [-0.2, -0.15) is 5.10 Å². The zero-order valence-electron chi connectivity index (χ0n) is 18.7. The molecule has 0 atom stereocenters. The Morgan fingerprint density at radius 2 is 1.52 bits per heavy atom. The topological polar surface area (TPSA) is 52.7 Å². The minimum atomic E-state index is -0.178. The molecule has 0 aliphatic carbocycles. The molecule has 3 aromatic carbocycles. The second kappa shape index (κ2) is 8.34. The molecule has 0 saturated heterocycles. The third-order valence-corrected chi connectivity index (χ3v) is 6.08. The fourth-order valence-corrected chi connectivity index (χ4v) is 4.17. The molecule has 5 aromatic rings. The van der Waals surface area contributed by atoms with Crippen LogP contribution in [0.1, 0.15) is 25.3 Å². The summed E-state index contributed by atoms with van der Waals surface area (Å²) in [5, 5.41) is 5.27. The maximum absolute atomic E-state index is 13.9. The molecule has 0 aliphatic heterocycles. The Hall–Kier alpha value is -3.70. The molecule has 0 bridgehead atoms. The van der Waals surface area contributed by atoms with E-state index in [1.165, 1.54) is 5.56 Å². The largest absolute Gasteiger partial charge is 0.284 e. The lowest BCUT2D eigenvalue weighted by Gasteiger charge is -2.14. The molecular formula is C27H23ClN4O. The highest BCUT2D eigenvalue weighted by molar-refractivity contribution is 6.30. The number of aryl methyl sites for hydroxylation is 1. The van der Waals surface area contributed by atoms with Crippen molar-refractivity contribution in [3.63, 3.8) is 0 Å². The molecule has 0 spiro atoms. The highest BCUT2D eigenvalue weighted by Gasteiger charge is 2.21. The molecule has 0 aliphatic rings. The number of aromatic nitrogens is 4. The van der Waals surface area contributed by atoms with Gasteiger partial charge in [0.15, 0.2) is 5.52 Å². The highest BCUT2D eigenvalue weighted by Crippen LogP contribution is 2.29. The average molecular weight is 455 g/mol. The molecule has 5 rings (SSSR count). The average Bonchev–Trinajstić information content (AvgIpc) is 3.17. The van der Waals surface area contributed by atoms with Crippen LogP contribution >= 0.6 is 11.6 Å². The van der Waals surface area contributed by atoms with Gasteiger partial charge < -0.3 is 0 Å². The van der Waals surface area contributed by atoms with Gasteiger partial charge in [0.05, 0.1) is 5.69 Å². The maximum atomic E-state index is 13.9. The summed E-state index contributed by atoms with van der Waals surface area (Å²) in [7, 11) is 1.78. The Kier molecular flexibility index (Phi) is 5.35. The van der Waals surface area contributed by atoms with Crippen LogP contribution in [0, 0.1) is 0 Å². The lowest BCUT2D eigenvalue weighted by Crippen LogP contribution is -2.23. The van der Waals surface area contributed by atoms with Crippen molar-refractivity contribution < 1.29 is 0 Å². The molecule has 6 heteroatoms. The van der Waals surface area contributed by atoms with E-state index in [9.17, 15) is 4.79 Å². The van der Waals surface area contributed by atoms with Crippen LogP contribution in [0.5, 0.6) is 0 Å². The van der Waals surface area contributed by atoms with Crippen molar-refractivity contribution in [1.29, 1.82) is 0 Å². The van der Waals surface area contributed by atoms with Gasteiger partial charge in [-0.15, -0.1) is 0 Å². The van der Waals surface area contributed by atoms with Crippen LogP contribution in [0.15, 0.2) is 83.7 Å². The van der Waals surface area contributed by atoms with E-state index in [0.717, 1.165) is 11.1 Å². The Balaban J connectivity index is 1.85. The molecular weight excluding hydrogens is 432 g/mol. The lowest BCUT2D eigenvalue weighted by molar-refractivity contribution is 0.790. The van der Waals surface area contributed by atoms with E-state index in [1.54, 1.807) is 28.4 Å². The Morgan fingerprint density at radius 3 is 2.15 bits per heavy atom. The van der Waals surface area contributed by atoms with Crippen molar-refractivity contribution in [1.82, 2.24) is 19.3 Å². The van der Waals surface area contributed by atoms with E-state index < -0.39 is 0 Å². The van der Waals surface area contributed by atoms with Crippen LogP contribution in [0.25, 0.3) is 39.4 Å². The van der Waals surface area contributed by atoms with E-state index in [-0.39, 0.29) is 5.56 Å². The van der Waals surface area contributed by atoms with Crippen molar-refractivity contribution in [3.05, 3.63) is 99.8 Å². The van der Waals surface area contributed by atoms with Crippen molar-refractivity contribution in [2.75, 3.05) is 0 Å². The SMILES string of the molecule is CC(C)c1ccc(-c2nc3c(-c4ccccc4)nn(C)c3c(=O)n2-c2ccc(Cl)cc2)cc1. The first kappa shape index (κ1) is 21.2. The predicted octanol–water partition coefficient (Wildman–Crippen LogP) is 6.23. The first-order valence-electron chi connectivity index (χ1n) is 10.9. The molecule has 164 valence electrons. The van der Waals surface area contributed by atoms with Gasteiger partial charge in [-0.25, -0.2) is 4.98 Å². The summed E-state index contributed by atoms with van der Waals surface area (Å²) >= 11 is 6.12. The molecule has 0 radical (unpaired) electrons. The highest BCUT2D eigenvalue weighted by atomic mass is 35.5. The van der Waals surface area contributed by atoms with Crippen molar-refractivity contribution >= 4 is 22.6 Å². The molecule has 0 saturated carbocycles. The summed E-state index contributed by atoms with van der Waals surface area (Å²) in [5.74, 6) is 0.978. The van der Waals surface area contributed by atoms with Crippen molar-refractivity contribution in [2.24, 2.45) is 7.05 Å². The summed E-state index contributed by atoms with van der Waals surface area (Å²) in [5.41, 5.74) is 5.25. The predicted molar refractivity (Wildman–Crippen MR) is 134 cm³/mol. The van der Waals surface area contributed by atoms with Crippen LogP contribution in [-0.2, 0) is 7.05 Å². The van der Waals surface area contributed by atoms with E-state index in [4.69, 9.17) is 16.6 Å². The Labute approximate surface area is 196 Å². The van der Waals surface area contributed by atoms with Crippen molar-refractivity contribution in [2.45, 2.75) is 19.8 Å². The molecule has 2 aromatic heterocycles. The fourth-order valence-electron chi connectivity index (χ4n) is 4.05. The summed E-state index contributed by atoms with van der Waals surface area (Å²) in [4.78, 5) is 18.9. The normalized spacial score (nSPS) is 11.4. The summed E-state index contributed by atoms with van der Waals surface area (Å²) in [6, 6.07) is 25.3. The number of benzene rings is 3. The first-order chi connectivity index (χ1) is 15.9. The number of rotatable bonds is 4. The third-order valence-electron chi connectivity index (χ3n) is 5.82. The number of halogens is 1. The van der Waals surface area contributed by atoms with Gasteiger partial charge >= 0.3 is 0 Å². The van der Waals surface area contributed by atoms with E-state index in [2.05, 4.69) is 31.1 Å². The van der Waals surface area contributed by atoms with Gasteiger partial charge in [-0.05, 0) is 35.7 Å². The Morgan fingerprint density at radius 1 is 0.848 bits per heavy atom. The second-order valence-electron chi connectivity index (χ2n) is 8.36. The second-order valence-corrected chi connectivity index (χ2v) is 8.80. The monoisotopic (exact) mass is 454 g/mol. The zero-order valence-corrected chi connectivity index (χ0v) is 19.4. The molecule has 0 N–H and O–H groups in total. The van der Waals surface area contributed by atoms with Crippen LogP contribution in [0.2, 0.25) is 5.02 Å². The minimum absolute atomic E-state index is 0.178. The standard InChI is InChI=1S/C27H23ClN4O/c1-17(2)18-9-11-20(12-10-18)26-29-24-23(19-7-5-4-6-8-19)30-31(3)25(24)27(33)32(26)22-15-13-21(28)14-16-22/h4-17H,1-3H3. The van der Waals surface area contributed by atoms with Gasteiger partial charge in [0.1, 0.15) is 17.0 Å². The van der Waals surface area contributed by atoms with Crippen LogP contribution in [0.4, 0.5) is 0 Å². The van der Waals surface area contributed by atoms with Gasteiger partial charge in [-0.3, -0.25) is 14.0 Å². The molecule has 2 heterocycles. The zero-order chi connectivity index (χ0) is 23.1. The smallest absolute Gasteiger partial charge is 0.266 e. The maximum Gasteiger partial charge on any atom is 0.284 e. The van der Waals surface area contributed by atoms with Gasteiger partial charge in [0, 0.05) is 23.2 Å². The van der Waals surface area contributed by atoms with Crippen LogP contribution < -0.4 is 5.56 Å². The molecule has 0 fully saturated rings. The number of hydrogen-bond acceptors (Lipinski definition) is 3. The van der Waals surface area contributed by atoms with E-state index in [0.29, 0.717) is 39.2 Å². The summed E-state index contributed by atoms with van der Waals surface area (Å²) in [6.07, 6.45) is 0. The summed E-state index contributed by atoms with van der Waals surface area (Å²) in [6.45, 7) is 4.31. The van der Waals surface area contributed by atoms with Crippen molar-refractivity contribution in [3.8, 4) is 28.3 Å². The van der Waals surface area contributed by atoms with E-state index in [1.807, 2.05) is 54.6 Å². The fraction of sp³-hybridized carbons (Fsp3) is 0.148. The first-order valence-corrected chi connectivity index (χ1v) is 11.2. The molecule has 0 unspecified atom stereocenters. The summed E-state index contributed by atoms with van der Waals surface area (Å²) < 4.78 is 3.25. The Bertz CT molecular complexity index is 1500. The van der Waals surface area contributed by atoms with Gasteiger partial charge in [0.25, 0.3) is 5.56 Å². The van der Waals surface area contributed by atoms with Crippen LogP contribution in [0.3, 0.4) is 0 Å². The van der Waals surface area contributed by atoms with Crippen LogP contribution in [-0.4, -0.2) is 19.3 Å². The minimum Gasteiger partial charge on any atom is -0.266 e. The molecule has 33 heavy (non-hydrogen) atoms. The number of fused-ring (bicyclic) bond motifs is 1. The molecule has 5 nitrogen and oxygen atoms in total. The number of nitrogens with zero attached hydrogens (tertiary/aromatic N) is 4. The third kappa shape index (κ3) is 3.74. The lowest BCUT2D eigenvalue weighted by atomic mass is 10.0. The van der Waals surface area contributed by atoms with E-state index >= 15 is 0 Å².